The predicted molar refractivity (Wildman–Crippen MR) is 60.0 cm³/mol. The van der Waals surface area contributed by atoms with Crippen LogP contribution in [0.15, 0.2) is 30.3 Å². The first-order chi connectivity index (χ1) is 8.11. The average molecular weight is 227 g/mol. The molecular weight excluding hydrogens is 218 g/mol. The van der Waals surface area contributed by atoms with Gasteiger partial charge in [0.05, 0.1) is 23.0 Å². The zero-order valence-electron chi connectivity index (χ0n) is 9.08. The molecule has 0 aliphatic rings. The van der Waals surface area contributed by atoms with Gasteiger partial charge in [-0.3, -0.25) is 0 Å². The number of carboxylic acids is 1. The lowest BCUT2D eigenvalue weighted by molar-refractivity contribution is 0.0687. The largest absolute Gasteiger partial charge is 0.477 e. The lowest BCUT2D eigenvalue weighted by Gasteiger charge is -2.04. The molecule has 0 atom stereocenters. The van der Waals surface area contributed by atoms with Gasteiger partial charge in [0.1, 0.15) is 0 Å². The third kappa shape index (κ3) is 2.01. The summed E-state index contributed by atoms with van der Waals surface area (Å²) in [4.78, 5) is 11.0. The highest BCUT2D eigenvalue weighted by Gasteiger charge is 2.13. The molecule has 5 nitrogen and oxygen atoms in total. The van der Waals surface area contributed by atoms with Crippen molar-refractivity contribution in [3.63, 3.8) is 0 Å². The Morgan fingerprint density at radius 2 is 2.24 bits per heavy atom. The first-order valence-corrected chi connectivity index (χ1v) is 4.92. The number of rotatable bonds is 2. The highest BCUT2D eigenvalue weighted by Crippen LogP contribution is 2.14. The molecule has 2 aromatic rings. The molecule has 17 heavy (non-hydrogen) atoms. The summed E-state index contributed by atoms with van der Waals surface area (Å²) in [7, 11) is 0. The number of aromatic carboxylic acids is 1. The molecule has 0 aliphatic heterocycles. The van der Waals surface area contributed by atoms with Crippen LogP contribution in [0.1, 0.15) is 21.7 Å². The molecule has 0 fully saturated rings. The number of aryl methyl sites for hydroxylation is 1. The fourth-order valence-corrected chi connectivity index (χ4v) is 1.56. The van der Waals surface area contributed by atoms with E-state index < -0.39 is 5.97 Å². The highest BCUT2D eigenvalue weighted by molar-refractivity contribution is 5.86. The predicted octanol–water partition coefficient (Wildman–Crippen LogP) is 1.75. The molecule has 0 unspecified atom stereocenters. The van der Waals surface area contributed by atoms with Crippen LogP contribution < -0.4 is 0 Å². The van der Waals surface area contributed by atoms with Gasteiger partial charge in [-0.2, -0.15) is 10.4 Å². The molecule has 1 aromatic carbocycles. The van der Waals surface area contributed by atoms with E-state index in [0.29, 0.717) is 16.9 Å². The van der Waals surface area contributed by atoms with Gasteiger partial charge < -0.3 is 5.11 Å². The normalized spacial score (nSPS) is 9.88. The third-order valence-electron chi connectivity index (χ3n) is 2.27. The molecule has 0 radical (unpaired) electrons. The maximum atomic E-state index is 11.0. The average Bonchev–Trinajstić information content (AvgIpc) is 2.72. The molecular formula is C12H9N3O2. The number of nitrogens with zero attached hydrogens (tertiary/aromatic N) is 3. The smallest absolute Gasteiger partial charge is 0.354 e. The number of benzene rings is 1. The summed E-state index contributed by atoms with van der Waals surface area (Å²) in [6.07, 6.45) is 0. The van der Waals surface area contributed by atoms with Crippen LogP contribution in [-0.4, -0.2) is 20.9 Å². The number of carbonyl (C=O) groups is 1. The van der Waals surface area contributed by atoms with Gasteiger partial charge in [-0.05, 0) is 31.2 Å². The Hall–Kier alpha value is -2.61. The second kappa shape index (κ2) is 4.10. The molecule has 0 saturated carbocycles. The van der Waals surface area contributed by atoms with Crippen molar-refractivity contribution in [1.82, 2.24) is 9.78 Å². The lowest BCUT2D eigenvalue weighted by atomic mass is 10.2. The highest BCUT2D eigenvalue weighted by atomic mass is 16.4. The molecule has 2 rings (SSSR count). The van der Waals surface area contributed by atoms with Crippen molar-refractivity contribution < 1.29 is 9.90 Å². The Balaban J connectivity index is 2.60. The minimum absolute atomic E-state index is 0.0811. The summed E-state index contributed by atoms with van der Waals surface area (Å²) in [5, 5.41) is 21.9. The maximum absolute atomic E-state index is 11.0. The van der Waals surface area contributed by atoms with Gasteiger partial charge in [-0.1, -0.05) is 6.07 Å². The Labute approximate surface area is 97.5 Å². The monoisotopic (exact) mass is 227 g/mol. The van der Waals surface area contributed by atoms with Gasteiger partial charge in [0.15, 0.2) is 5.69 Å². The van der Waals surface area contributed by atoms with Crippen molar-refractivity contribution in [2.45, 2.75) is 6.92 Å². The molecule has 0 bridgehead atoms. The fraction of sp³-hybridized carbons (Fsp3) is 0.0833. The Bertz CT molecular complexity index is 623. The maximum Gasteiger partial charge on any atom is 0.354 e. The van der Waals surface area contributed by atoms with E-state index in [4.69, 9.17) is 10.4 Å². The molecule has 84 valence electrons. The van der Waals surface area contributed by atoms with E-state index in [1.807, 2.05) is 6.07 Å². The molecule has 0 amide bonds. The zero-order chi connectivity index (χ0) is 12.4. The van der Waals surface area contributed by atoms with Gasteiger partial charge in [0, 0.05) is 0 Å². The molecule has 5 heteroatoms. The molecule has 0 saturated heterocycles. The molecule has 1 heterocycles. The topological polar surface area (TPSA) is 78.9 Å². The SMILES string of the molecule is Cc1cc(C(=O)O)n(-c2cccc(C#N)c2)n1. The van der Waals surface area contributed by atoms with E-state index in [0.717, 1.165) is 0 Å². The van der Waals surface area contributed by atoms with Crippen LogP contribution in [0.25, 0.3) is 5.69 Å². The van der Waals surface area contributed by atoms with Crippen molar-refractivity contribution in [1.29, 1.82) is 5.26 Å². The van der Waals surface area contributed by atoms with E-state index in [-0.39, 0.29) is 5.69 Å². The van der Waals surface area contributed by atoms with Crippen molar-refractivity contribution in [2.75, 3.05) is 0 Å². The van der Waals surface area contributed by atoms with Crippen molar-refractivity contribution >= 4 is 5.97 Å². The second-order valence-electron chi connectivity index (χ2n) is 3.55. The Kier molecular flexibility index (Phi) is 2.63. The number of nitriles is 1. The number of hydrogen-bond acceptors (Lipinski definition) is 3. The van der Waals surface area contributed by atoms with E-state index >= 15 is 0 Å². The Morgan fingerprint density at radius 3 is 2.88 bits per heavy atom. The van der Waals surface area contributed by atoms with Gasteiger partial charge in [-0.25, -0.2) is 9.48 Å². The van der Waals surface area contributed by atoms with Crippen molar-refractivity contribution in [3.05, 3.63) is 47.3 Å². The standard InChI is InChI=1S/C12H9N3O2/c1-8-5-11(12(16)17)15(14-8)10-4-2-3-9(6-10)7-13/h2-6H,1H3,(H,16,17). The molecule has 0 spiro atoms. The van der Waals surface area contributed by atoms with Crippen molar-refractivity contribution in [2.24, 2.45) is 0 Å². The molecule has 0 aliphatic carbocycles. The van der Waals surface area contributed by atoms with Crippen LogP contribution >= 0.6 is 0 Å². The van der Waals surface area contributed by atoms with Gasteiger partial charge in [0.25, 0.3) is 0 Å². The summed E-state index contributed by atoms with van der Waals surface area (Å²) in [6.45, 7) is 1.72. The van der Waals surface area contributed by atoms with Crippen molar-refractivity contribution in [3.8, 4) is 11.8 Å². The summed E-state index contributed by atoms with van der Waals surface area (Å²) < 4.78 is 1.32. The van der Waals surface area contributed by atoms with E-state index in [9.17, 15) is 4.79 Å². The fourth-order valence-electron chi connectivity index (χ4n) is 1.56. The summed E-state index contributed by atoms with van der Waals surface area (Å²) >= 11 is 0. The van der Waals surface area contributed by atoms with E-state index in [1.54, 1.807) is 31.2 Å². The van der Waals surface area contributed by atoms with Crippen LogP contribution in [0, 0.1) is 18.3 Å². The summed E-state index contributed by atoms with van der Waals surface area (Å²) in [5.41, 5.74) is 1.73. The van der Waals surface area contributed by atoms with Crippen LogP contribution in [0.4, 0.5) is 0 Å². The lowest BCUT2D eigenvalue weighted by Crippen LogP contribution is -2.07. The quantitative estimate of drug-likeness (QED) is 0.847. The Morgan fingerprint density at radius 1 is 1.47 bits per heavy atom. The first kappa shape index (κ1) is 10.9. The zero-order valence-corrected chi connectivity index (χ0v) is 9.08. The van der Waals surface area contributed by atoms with Crippen LogP contribution in [0.2, 0.25) is 0 Å². The van der Waals surface area contributed by atoms with Gasteiger partial charge in [-0.15, -0.1) is 0 Å². The minimum atomic E-state index is -1.05. The minimum Gasteiger partial charge on any atom is -0.477 e. The van der Waals surface area contributed by atoms with Gasteiger partial charge >= 0.3 is 5.97 Å². The number of hydrogen-bond donors (Lipinski definition) is 1. The molecule has 1 aromatic heterocycles. The first-order valence-electron chi connectivity index (χ1n) is 4.92. The number of carboxylic acid groups (broad SMARTS) is 1. The van der Waals surface area contributed by atoms with Gasteiger partial charge in [0.2, 0.25) is 0 Å². The summed E-state index contributed by atoms with van der Waals surface area (Å²) in [6, 6.07) is 10.1. The van der Waals surface area contributed by atoms with Crippen LogP contribution in [-0.2, 0) is 0 Å². The molecule has 1 N–H and O–H groups in total. The van der Waals surface area contributed by atoms with E-state index in [2.05, 4.69) is 5.10 Å². The van der Waals surface area contributed by atoms with Crippen LogP contribution in [0.3, 0.4) is 0 Å². The third-order valence-corrected chi connectivity index (χ3v) is 2.27. The number of aromatic nitrogens is 2. The van der Waals surface area contributed by atoms with Crippen LogP contribution in [0.5, 0.6) is 0 Å². The van der Waals surface area contributed by atoms with E-state index in [1.165, 1.54) is 10.7 Å². The summed E-state index contributed by atoms with van der Waals surface area (Å²) in [5.74, 6) is -1.05. The second-order valence-corrected chi connectivity index (χ2v) is 3.55.